The molecule has 3 rings (SSSR count). The van der Waals surface area contributed by atoms with Crippen molar-refractivity contribution in [2.45, 2.75) is 71.6 Å². The first-order chi connectivity index (χ1) is 15.5. The summed E-state index contributed by atoms with van der Waals surface area (Å²) in [5.74, 6) is 0.212. The van der Waals surface area contributed by atoms with Crippen molar-refractivity contribution < 1.29 is 4.79 Å². The van der Waals surface area contributed by atoms with Crippen molar-refractivity contribution in [1.29, 1.82) is 0 Å². The van der Waals surface area contributed by atoms with E-state index >= 15 is 0 Å². The highest BCUT2D eigenvalue weighted by molar-refractivity contribution is 6.73. The van der Waals surface area contributed by atoms with Gasteiger partial charge in [0.25, 0.3) is 0 Å². The van der Waals surface area contributed by atoms with Gasteiger partial charge in [-0.15, -0.1) is 0 Å². The lowest BCUT2D eigenvalue weighted by molar-refractivity contribution is -0.117. The van der Waals surface area contributed by atoms with Crippen LogP contribution in [0.5, 0.6) is 0 Å². The Balaban J connectivity index is 1.85. The number of Topliss-reactive ketones (excluding diaryl/α,β-unsaturated/α-hetero) is 1. The molecular weight excluding hydrogens is 440 g/mol. The average molecular weight is 479 g/mol. The van der Waals surface area contributed by atoms with Gasteiger partial charge in [0, 0.05) is 19.3 Å². The summed E-state index contributed by atoms with van der Waals surface area (Å²) in [6.07, 6.45) is 1.54. The summed E-state index contributed by atoms with van der Waals surface area (Å²) in [5.41, 5.74) is 4.37. The second-order valence-corrected chi connectivity index (χ2v) is 20.5. The molecule has 2 aromatic rings. The third-order valence-corrected chi connectivity index (χ3v) is 9.25. The quantitative estimate of drug-likeness (QED) is 0.339. The first-order valence-electron chi connectivity index (χ1n) is 11.8. The van der Waals surface area contributed by atoms with Crippen molar-refractivity contribution in [2.75, 3.05) is 0 Å². The summed E-state index contributed by atoms with van der Waals surface area (Å²) < 4.78 is 4.49. The number of rotatable bonds is 8. The SMILES string of the molecule is C[Si](C)(C)N(Cc1ccccc1)N=C1CC(=O)CC(=NN(Cc2ccccc2)[Si](C)(C)C)C1. The first kappa shape index (κ1) is 25.1. The van der Waals surface area contributed by atoms with Crippen LogP contribution in [0.2, 0.25) is 39.3 Å². The summed E-state index contributed by atoms with van der Waals surface area (Å²) in [5, 5.41) is 10.1. The van der Waals surface area contributed by atoms with E-state index in [2.05, 4.69) is 97.2 Å². The van der Waals surface area contributed by atoms with Crippen molar-refractivity contribution in [3.63, 3.8) is 0 Å². The van der Waals surface area contributed by atoms with E-state index in [1.165, 1.54) is 11.1 Å². The molecule has 0 spiro atoms. The van der Waals surface area contributed by atoms with Gasteiger partial charge in [-0.2, -0.15) is 10.2 Å². The van der Waals surface area contributed by atoms with Crippen LogP contribution in [0, 0.1) is 0 Å². The fraction of sp³-hybridized carbons (Fsp3) is 0.423. The van der Waals surface area contributed by atoms with Crippen molar-refractivity contribution in [1.82, 2.24) is 9.35 Å². The Morgan fingerprint density at radius 3 is 1.33 bits per heavy atom. The largest absolute Gasteiger partial charge is 0.320 e. The summed E-state index contributed by atoms with van der Waals surface area (Å²) in [4.78, 5) is 12.7. The minimum absolute atomic E-state index is 0.212. The van der Waals surface area contributed by atoms with E-state index in [-0.39, 0.29) is 5.78 Å². The fourth-order valence-electron chi connectivity index (χ4n) is 3.72. The van der Waals surface area contributed by atoms with Gasteiger partial charge >= 0.3 is 0 Å². The van der Waals surface area contributed by atoms with Gasteiger partial charge in [0.2, 0.25) is 0 Å². The molecule has 2 aromatic carbocycles. The van der Waals surface area contributed by atoms with E-state index < -0.39 is 16.5 Å². The smallest absolute Gasteiger partial charge is 0.169 e. The standard InChI is InChI=1S/C26H38N4OSi2/c1-32(2,3)29(20-22-13-9-7-10-14-22)27-24-17-25(19-26(31)18-24)28-30(33(4,5)6)21-23-15-11-8-12-16-23/h7-16H,17-21H2,1-6H3. The van der Waals surface area contributed by atoms with Gasteiger partial charge in [-0.1, -0.05) is 99.9 Å². The van der Waals surface area contributed by atoms with Crippen LogP contribution in [0.15, 0.2) is 70.9 Å². The molecule has 176 valence electrons. The molecule has 0 unspecified atom stereocenters. The Labute approximate surface area is 201 Å². The summed E-state index contributed by atoms with van der Waals surface area (Å²) in [7, 11) is -3.44. The minimum Gasteiger partial charge on any atom is -0.320 e. The molecule has 33 heavy (non-hydrogen) atoms. The van der Waals surface area contributed by atoms with Gasteiger partial charge < -0.3 is 9.35 Å². The number of hydrogen-bond acceptors (Lipinski definition) is 5. The molecule has 0 bridgehead atoms. The Bertz CT molecular complexity index is 913. The Morgan fingerprint density at radius 1 is 0.636 bits per heavy atom. The van der Waals surface area contributed by atoms with Crippen LogP contribution in [0.3, 0.4) is 0 Å². The van der Waals surface area contributed by atoms with Crippen LogP contribution in [0.1, 0.15) is 30.4 Å². The zero-order valence-corrected chi connectivity index (χ0v) is 23.0. The van der Waals surface area contributed by atoms with Gasteiger partial charge in [-0.05, 0) is 11.1 Å². The van der Waals surface area contributed by atoms with E-state index in [9.17, 15) is 4.79 Å². The highest BCUT2D eigenvalue weighted by Gasteiger charge is 2.29. The summed E-state index contributed by atoms with van der Waals surface area (Å²) >= 11 is 0. The first-order valence-corrected chi connectivity index (χ1v) is 18.7. The molecule has 5 nitrogen and oxygen atoms in total. The molecule has 0 radical (unpaired) electrons. The third kappa shape index (κ3) is 7.79. The molecule has 0 heterocycles. The van der Waals surface area contributed by atoms with Crippen LogP contribution in [0.4, 0.5) is 0 Å². The molecular formula is C26H38N4OSi2. The molecule has 0 atom stereocenters. The lowest BCUT2D eigenvalue weighted by Crippen LogP contribution is -2.44. The molecule has 0 N–H and O–H groups in total. The Morgan fingerprint density at radius 2 is 1.00 bits per heavy atom. The van der Waals surface area contributed by atoms with E-state index in [4.69, 9.17) is 10.2 Å². The van der Waals surface area contributed by atoms with Crippen molar-refractivity contribution in [3.05, 3.63) is 71.8 Å². The van der Waals surface area contributed by atoms with Crippen molar-refractivity contribution in [3.8, 4) is 0 Å². The average Bonchev–Trinajstić information content (AvgIpc) is 2.73. The maximum atomic E-state index is 12.7. The molecule has 0 aromatic heterocycles. The summed E-state index contributed by atoms with van der Waals surface area (Å²) in [6.45, 7) is 15.3. The lowest BCUT2D eigenvalue weighted by atomic mass is 9.95. The number of ketones is 1. The Hall–Kier alpha value is -2.52. The number of carbonyl (C=O) groups is 1. The van der Waals surface area contributed by atoms with Crippen LogP contribution < -0.4 is 0 Å². The number of hydrogen-bond donors (Lipinski definition) is 0. The van der Waals surface area contributed by atoms with Gasteiger partial charge in [0.1, 0.15) is 5.78 Å². The van der Waals surface area contributed by atoms with Crippen LogP contribution >= 0.6 is 0 Å². The molecule has 0 aliphatic heterocycles. The number of nitrogens with zero attached hydrogens (tertiary/aromatic N) is 4. The van der Waals surface area contributed by atoms with Crippen LogP contribution in [-0.4, -0.2) is 43.0 Å². The van der Waals surface area contributed by atoms with Crippen molar-refractivity contribution in [2.24, 2.45) is 10.2 Å². The second-order valence-electron chi connectivity index (χ2n) is 10.8. The molecule has 1 aliphatic carbocycles. The van der Waals surface area contributed by atoms with Gasteiger partial charge in [0.15, 0.2) is 16.5 Å². The number of carbonyl (C=O) groups excluding carboxylic acids is 1. The zero-order chi connectivity index (χ0) is 24.1. The van der Waals surface area contributed by atoms with Gasteiger partial charge in [-0.25, -0.2) is 0 Å². The van der Waals surface area contributed by atoms with E-state index in [0.717, 1.165) is 24.5 Å². The van der Waals surface area contributed by atoms with E-state index in [0.29, 0.717) is 19.3 Å². The maximum Gasteiger partial charge on any atom is 0.169 e. The number of benzene rings is 2. The lowest BCUT2D eigenvalue weighted by Gasteiger charge is -2.34. The molecule has 7 heteroatoms. The molecule has 0 saturated heterocycles. The Kier molecular flexibility index (Phi) is 8.07. The molecule has 1 saturated carbocycles. The van der Waals surface area contributed by atoms with E-state index in [1.807, 2.05) is 12.1 Å². The summed E-state index contributed by atoms with van der Waals surface area (Å²) in [6, 6.07) is 20.9. The van der Waals surface area contributed by atoms with Crippen LogP contribution in [0.25, 0.3) is 0 Å². The van der Waals surface area contributed by atoms with Gasteiger partial charge in [0.05, 0.1) is 24.5 Å². The van der Waals surface area contributed by atoms with Crippen LogP contribution in [-0.2, 0) is 17.9 Å². The highest BCUT2D eigenvalue weighted by atomic mass is 28.3. The fourth-order valence-corrected chi connectivity index (χ4v) is 5.92. The monoisotopic (exact) mass is 478 g/mol. The van der Waals surface area contributed by atoms with Gasteiger partial charge in [-0.3, -0.25) is 4.79 Å². The predicted octanol–water partition coefficient (Wildman–Crippen LogP) is 6.13. The number of hydrazone groups is 2. The normalized spacial score (nSPS) is 17.5. The molecule has 0 amide bonds. The molecule has 1 fully saturated rings. The van der Waals surface area contributed by atoms with Crippen molar-refractivity contribution >= 4 is 33.7 Å². The highest BCUT2D eigenvalue weighted by Crippen LogP contribution is 2.21. The predicted molar refractivity (Wildman–Crippen MR) is 144 cm³/mol. The van der Waals surface area contributed by atoms with E-state index in [1.54, 1.807) is 0 Å². The second kappa shape index (κ2) is 10.6. The third-order valence-electron chi connectivity index (χ3n) is 5.63. The minimum atomic E-state index is -1.72. The zero-order valence-electron chi connectivity index (χ0n) is 21.0. The topological polar surface area (TPSA) is 48.3 Å². The maximum absolute atomic E-state index is 12.7. The molecule has 1 aliphatic rings.